The first kappa shape index (κ1) is 22.1. The van der Waals surface area contributed by atoms with Crippen LogP contribution in [-0.4, -0.2) is 54.4 Å². The van der Waals surface area contributed by atoms with Crippen LogP contribution in [0, 0.1) is 29.0 Å². The number of nitriles is 1. The van der Waals surface area contributed by atoms with Crippen LogP contribution in [0.15, 0.2) is 55.0 Å². The number of hydrogen-bond donors (Lipinski definition) is 1. The fraction of sp³-hybridized carbons (Fsp3) is 0.308. The van der Waals surface area contributed by atoms with Gasteiger partial charge in [0.05, 0.1) is 58.5 Å². The molecule has 36 heavy (non-hydrogen) atoms. The molecule has 4 aromatic rings. The van der Waals surface area contributed by atoms with Crippen molar-refractivity contribution in [1.29, 1.82) is 5.26 Å². The first-order valence-corrected chi connectivity index (χ1v) is 11.9. The van der Waals surface area contributed by atoms with Crippen molar-refractivity contribution in [3.05, 3.63) is 71.9 Å². The molecule has 2 aromatic heterocycles. The van der Waals surface area contributed by atoms with E-state index in [0.717, 1.165) is 12.8 Å². The van der Waals surface area contributed by atoms with E-state index in [0.29, 0.717) is 46.1 Å². The Morgan fingerprint density at radius 1 is 1.17 bits per heavy atom. The van der Waals surface area contributed by atoms with Crippen molar-refractivity contribution < 1.29 is 9.18 Å². The molecule has 9 nitrogen and oxygen atoms in total. The van der Waals surface area contributed by atoms with E-state index in [1.165, 1.54) is 16.9 Å². The average molecular weight is 483 g/mol. The molecule has 3 aliphatic rings. The van der Waals surface area contributed by atoms with Crippen LogP contribution in [0.2, 0.25) is 0 Å². The minimum atomic E-state index is -0.355. The number of halogens is 1. The van der Waals surface area contributed by atoms with Crippen molar-refractivity contribution in [2.75, 3.05) is 11.9 Å². The lowest BCUT2D eigenvalue weighted by Crippen LogP contribution is -2.64. The summed E-state index contributed by atoms with van der Waals surface area (Å²) in [5.41, 5.74) is 2.43. The molecule has 1 N–H and O–H groups in total. The summed E-state index contributed by atoms with van der Waals surface area (Å²) in [7, 11) is 0. The summed E-state index contributed by atoms with van der Waals surface area (Å²) in [6.45, 7) is 2.68. The Bertz CT molecular complexity index is 1490. The highest BCUT2D eigenvalue weighted by molar-refractivity contribution is 5.98. The third-order valence-electron chi connectivity index (χ3n) is 7.47. The maximum Gasteiger partial charge on any atom is 0.256 e. The predicted molar refractivity (Wildman–Crippen MR) is 130 cm³/mol. The SMILES string of the molecule is C[C@@H]1C2CC(C2)N(C(=O)c2cc(C#N)ccc2-n2nccn2)C1CNc1cnc2cc(F)ccc2n1. The van der Waals surface area contributed by atoms with Crippen molar-refractivity contribution >= 4 is 22.8 Å². The summed E-state index contributed by atoms with van der Waals surface area (Å²) < 4.78 is 13.5. The Kier molecular flexibility index (Phi) is 5.33. The van der Waals surface area contributed by atoms with Gasteiger partial charge in [-0.25, -0.2) is 9.37 Å². The van der Waals surface area contributed by atoms with E-state index in [9.17, 15) is 14.4 Å². The molecule has 10 heteroatoms. The highest BCUT2D eigenvalue weighted by Gasteiger charge is 2.50. The Labute approximate surface area is 206 Å². The van der Waals surface area contributed by atoms with E-state index in [1.54, 1.807) is 42.9 Å². The van der Waals surface area contributed by atoms with Gasteiger partial charge in [0.1, 0.15) is 11.6 Å². The zero-order valence-electron chi connectivity index (χ0n) is 19.5. The molecule has 3 fully saturated rings. The van der Waals surface area contributed by atoms with Gasteiger partial charge in [-0.1, -0.05) is 6.92 Å². The van der Waals surface area contributed by atoms with E-state index < -0.39 is 0 Å². The maximum atomic E-state index is 14.0. The summed E-state index contributed by atoms with van der Waals surface area (Å²) in [4.78, 5) is 26.3. The zero-order chi connectivity index (χ0) is 24.8. The highest BCUT2D eigenvalue weighted by atomic mass is 19.1. The largest absolute Gasteiger partial charge is 0.367 e. The summed E-state index contributed by atoms with van der Waals surface area (Å²) in [5, 5.41) is 21.2. The van der Waals surface area contributed by atoms with Gasteiger partial charge in [0.25, 0.3) is 5.91 Å². The first-order chi connectivity index (χ1) is 17.5. The minimum Gasteiger partial charge on any atom is -0.367 e. The molecule has 0 spiro atoms. The fourth-order valence-corrected chi connectivity index (χ4v) is 5.43. The van der Waals surface area contributed by atoms with Crippen LogP contribution in [0.25, 0.3) is 16.7 Å². The molecule has 1 unspecified atom stereocenters. The second-order valence-electron chi connectivity index (χ2n) is 9.46. The number of piperidine rings is 2. The van der Waals surface area contributed by atoms with Crippen LogP contribution >= 0.6 is 0 Å². The summed E-state index contributed by atoms with van der Waals surface area (Å²) in [6, 6.07) is 11.5. The zero-order valence-corrected chi connectivity index (χ0v) is 19.5. The van der Waals surface area contributed by atoms with Gasteiger partial charge in [-0.3, -0.25) is 9.78 Å². The number of hydrogen-bond acceptors (Lipinski definition) is 7. The lowest BCUT2D eigenvalue weighted by Gasteiger charge is -2.57. The number of benzene rings is 2. The average Bonchev–Trinajstić information content (AvgIpc) is 3.41. The number of anilines is 1. The van der Waals surface area contributed by atoms with Crippen molar-refractivity contribution in [3.63, 3.8) is 0 Å². The van der Waals surface area contributed by atoms with E-state index in [4.69, 9.17) is 0 Å². The summed E-state index contributed by atoms with van der Waals surface area (Å²) in [6.07, 6.45) is 6.63. The van der Waals surface area contributed by atoms with Crippen molar-refractivity contribution in [2.45, 2.75) is 31.8 Å². The number of nitrogens with zero attached hydrogens (tertiary/aromatic N) is 7. The topological polar surface area (TPSA) is 113 Å². The van der Waals surface area contributed by atoms with Gasteiger partial charge in [0, 0.05) is 18.7 Å². The lowest BCUT2D eigenvalue weighted by molar-refractivity contribution is -0.0502. The Balaban J connectivity index is 1.30. The van der Waals surface area contributed by atoms with Crippen molar-refractivity contribution in [1.82, 2.24) is 29.9 Å². The molecule has 2 bridgehead atoms. The predicted octanol–water partition coefficient (Wildman–Crippen LogP) is 3.57. The number of fused-ring (bicyclic) bond motifs is 3. The molecule has 2 aromatic carbocycles. The standard InChI is InChI=1S/C26H23FN8O/c1-15-17-9-19(10-17)34(24(15)13-30-25-14-29-22-11-18(27)3-4-21(22)33-25)26(36)20-8-16(12-28)2-5-23(20)35-31-6-7-32-35/h2-8,11,14-15,17,19,24H,9-10,13H2,1H3,(H,30,33)/t15-,17?,19?,24?/m1/s1. The van der Waals surface area contributed by atoms with Gasteiger partial charge in [-0.15, -0.1) is 0 Å². The van der Waals surface area contributed by atoms with Crippen LogP contribution in [0.1, 0.15) is 35.7 Å². The highest BCUT2D eigenvalue weighted by Crippen LogP contribution is 2.47. The van der Waals surface area contributed by atoms with Gasteiger partial charge in [0.15, 0.2) is 0 Å². The van der Waals surface area contributed by atoms with E-state index in [2.05, 4.69) is 38.5 Å². The number of nitrogens with one attached hydrogen (secondary N) is 1. The van der Waals surface area contributed by atoms with Gasteiger partial charge in [-0.2, -0.15) is 20.3 Å². The molecule has 1 amide bonds. The van der Waals surface area contributed by atoms with Crippen LogP contribution in [0.4, 0.5) is 10.2 Å². The lowest BCUT2D eigenvalue weighted by atomic mass is 9.64. The smallest absolute Gasteiger partial charge is 0.256 e. The summed E-state index contributed by atoms with van der Waals surface area (Å²) >= 11 is 0. The molecule has 1 aliphatic carbocycles. The second kappa shape index (κ2) is 8.68. The third-order valence-corrected chi connectivity index (χ3v) is 7.47. The summed E-state index contributed by atoms with van der Waals surface area (Å²) in [5.74, 6) is 0.919. The Morgan fingerprint density at radius 3 is 2.75 bits per heavy atom. The normalized spacial score (nSPS) is 22.6. The third kappa shape index (κ3) is 3.73. The van der Waals surface area contributed by atoms with Gasteiger partial charge in [-0.05, 0) is 55.0 Å². The molecule has 0 radical (unpaired) electrons. The molecule has 1 saturated carbocycles. The second-order valence-corrected chi connectivity index (χ2v) is 9.46. The quantitative estimate of drug-likeness (QED) is 0.463. The number of carbonyl (C=O) groups excluding carboxylic acids is 1. The molecular formula is C26H23FN8O. The van der Waals surface area contributed by atoms with Crippen molar-refractivity contribution in [2.24, 2.45) is 11.8 Å². The number of rotatable bonds is 5. The monoisotopic (exact) mass is 482 g/mol. The van der Waals surface area contributed by atoms with E-state index >= 15 is 0 Å². The molecule has 4 heterocycles. The maximum absolute atomic E-state index is 14.0. The Hall–Kier alpha value is -4.39. The van der Waals surface area contributed by atoms with Crippen LogP contribution < -0.4 is 5.32 Å². The molecule has 2 saturated heterocycles. The van der Waals surface area contributed by atoms with Gasteiger partial charge in [0.2, 0.25) is 0 Å². The van der Waals surface area contributed by atoms with Gasteiger partial charge < -0.3 is 10.2 Å². The minimum absolute atomic E-state index is 0.0788. The first-order valence-electron chi connectivity index (χ1n) is 11.9. The molecular weight excluding hydrogens is 459 g/mol. The number of aromatic nitrogens is 5. The van der Waals surface area contributed by atoms with Crippen LogP contribution in [-0.2, 0) is 0 Å². The van der Waals surface area contributed by atoms with E-state index in [-0.39, 0.29) is 29.7 Å². The number of carbonyl (C=O) groups is 1. The molecule has 7 rings (SSSR count). The Morgan fingerprint density at radius 2 is 1.97 bits per heavy atom. The number of amides is 1. The fourth-order valence-electron chi connectivity index (χ4n) is 5.43. The van der Waals surface area contributed by atoms with Crippen LogP contribution in [0.3, 0.4) is 0 Å². The van der Waals surface area contributed by atoms with Crippen molar-refractivity contribution in [3.8, 4) is 11.8 Å². The molecule has 2 atom stereocenters. The molecule has 180 valence electrons. The van der Waals surface area contributed by atoms with Gasteiger partial charge >= 0.3 is 0 Å². The van der Waals surface area contributed by atoms with Crippen LogP contribution in [0.5, 0.6) is 0 Å². The van der Waals surface area contributed by atoms with E-state index in [1.807, 2.05) is 4.90 Å². The molecule has 2 aliphatic heterocycles.